The van der Waals surface area contributed by atoms with Crippen LogP contribution in [0.1, 0.15) is 42.6 Å². The second-order valence-corrected chi connectivity index (χ2v) is 6.09. The van der Waals surface area contributed by atoms with Crippen molar-refractivity contribution < 1.29 is 9.90 Å². The minimum atomic E-state index is -0.562. The zero-order chi connectivity index (χ0) is 14.9. The van der Waals surface area contributed by atoms with E-state index in [1.54, 1.807) is 13.2 Å². The molecular formula is C15H22N4O2. The average molecular weight is 290 g/mol. The Hall–Kier alpha value is -1.69. The number of anilines is 1. The van der Waals surface area contributed by atoms with E-state index in [9.17, 15) is 9.90 Å². The van der Waals surface area contributed by atoms with Gasteiger partial charge < -0.3 is 15.3 Å². The fraction of sp³-hybridized carbons (Fsp3) is 0.667. The molecule has 1 aromatic heterocycles. The van der Waals surface area contributed by atoms with Crippen LogP contribution >= 0.6 is 0 Å². The molecule has 0 radical (unpaired) electrons. The normalized spacial score (nSPS) is 28.9. The number of hydrogen-bond donors (Lipinski definition) is 2. The minimum absolute atomic E-state index is 0.0905. The predicted molar refractivity (Wildman–Crippen MR) is 79.0 cm³/mol. The molecule has 6 heteroatoms. The molecule has 3 rings (SSSR count). The standard InChI is InChI=1S/C15H22N4O2/c1-16-13-9-17-8-12(18-13)14(20)19-7-6-15(21)5-3-2-4-11(15)10-19/h8-9,11,21H,2-7,10H2,1H3,(H,16,18). The van der Waals surface area contributed by atoms with Gasteiger partial charge in [-0.2, -0.15) is 0 Å². The molecule has 2 heterocycles. The van der Waals surface area contributed by atoms with Gasteiger partial charge in [-0.15, -0.1) is 0 Å². The van der Waals surface area contributed by atoms with Crippen molar-refractivity contribution >= 4 is 11.7 Å². The van der Waals surface area contributed by atoms with Crippen molar-refractivity contribution in [2.75, 3.05) is 25.5 Å². The molecule has 1 aliphatic carbocycles. The second-order valence-electron chi connectivity index (χ2n) is 6.09. The highest BCUT2D eigenvalue weighted by Crippen LogP contribution is 2.39. The van der Waals surface area contributed by atoms with Gasteiger partial charge in [-0.3, -0.25) is 9.78 Å². The third-order valence-corrected chi connectivity index (χ3v) is 4.82. The van der Waals surface area contributed by atoms with Crippen molar-refractivity contribution in [1.82, 2.24) is 14.9 Å². The summed E-state index contributed by atoms with van der Waals surface area (Å²) in [7, 11) is 1.75. The summed E-state index contributed by atoms with van der Waals surface area (Å²) in [5.74, 6) is 0.698. The fourth-order valence-electron chi connectivity index (χ4n) is 3.51. The molecule has 0 bridgehead atoms. The molecule has 2 fully saturated rings. The summed E-state index contributed by atoms with van der Waals surface area (Å²) < 4.78 is 0. The van der Waals surface area contributed by atoms with Gasteiger partial charge in [0.05, 0.1) is 18.0 Å². The molecule has 1 saturated carbocycles. The molecule has 1 aliphatic heterocycles. The van der Waals surface area contributed by atoms with Gasteiger partial charge in [0.1, 0.15) is 11.5 Å². The third-order valence-electron chi connectivity index (χ3n) is 4.82. The maximum absolute atomic E-state index is 12.6. The maximum atomic E-state index is 12.6. The lowest BCUT2D eigenvalue weighted by atomic mass is 9.71. The first-order valence-corrected chi connectivity index (χ1v) is 7.64. The van der Waals surface area contributed by atoms with Gasteiger partial charge in [0.15, 0.2) is 0 Å². The predicted octanol–water partition coefficient (Wildman–Crippen LogP) is 1.29. The van der Waals surface area contributed by atoms with Crippen molar-refractivity contribution in [3.63, 3.8) is 0 Å². The Labute approximate surface area is 124 Å². The van der Waals surface area contributed by atoms with Crippen molar-refractivity contribution in [2.45, 2.75) is 37.7 Å². The van der Waals surface area contributed by atoms with E-state index in [-0.39, 0.29) is 11.8 Å². The van der Waals surface area contributed by atoms with Crippen LogP contribution in [-0.2, 0) is 0 Å². The van der Waals surface area contributed by atoms with Crippen LogP contribution in [0.4, 0.5) is 5.82 Å². The Morgan fingerprint density at radius 3 is 3.10 bits per heavy atom. The van der Waals surface area contributed by atoms with Crippen LogP contribution in [0.5, 0.6) is 0 Å². The molecule has 2 aliphatic rings. The van der Waals surface area contributed by atoms with Gasteiger partial charge in [0, 0.05) is 26.1 Å². The monoisotopic (exact) mass is 290 g/mol. The van der Waals surface area contributed by atoms with E-state index in [0.717, 1.165) is 25.7 Å². The van der Waals surface area contributed by atoms with E-state index in [1.165, 1.54) is 6.20 Å². The van der Waals surface area contributed by atoms with Crippen molar-refractivity contribution in [1.29, 1.82) is 0 Å². The molecule has 1 aromatic rings. The number of aliphatic hydroxyl groups is 1. The number of carbonyl (C=O) groups is 1. The van der Waals surface area contributed by atoms with E-state index in [2.05, 4.69) is 15.3 Å². The molecule has 0 aromatic carbocycles. The number of amides is 1. The summed E-state index contributed by atoms with van der Waals surface area (Å²) in [5.41, 5.74) is -0.198. The topological polar surface area (TPSA) is 78.4 Å². The smallest absolute Gasteiger partial charge is 0.274 e. The fourth-order valence-corrected chi connectivity index (χ4v) is 3.51. The summed E-state index contributed by atoms with van der Waals surface area (Å²) in [4.78, 5) is 22.7. The zero-order valence-electron chi connectivity index (χ0n) is 12.4. The highest BCUT2D eigenvalue weighted by Gasteiger charge is 2.43. The molecule has 21 heavy (non-hydrogen) atoms. The number of fused-ring (bicyclic) bond motifs is 1. The molecule has 2 unspecified atom stereocenters. The number of nitrogens with zero attached hydrogens (tertiary/aromatic N) is 3. The number of aromatic nitrogens is 2. The van der Waals surface area contributed by atoms with E-state index in [0.29, 0.717) is 31.0 Å². The summed E-state index contributed by atoms with van der Waals surface area (Å²) >= 11 is 0. The van der Waals surface area contributed by atoms with Crippen molar-refractivity contribution in [2.24, 2.45) is 5.92 Å². The first-order chi connectivity index (χ1) is 10.1. The average Bonchev–Trinajstić information content (AvgIpc) is 2.53. The number of nitrogens with one attached hydrogen (secondary N) is 1. The largest absolute Gasteiger partial charge is 0.389 e. The first kappa shape index (κ1) is 14.3. The molecule has 6 nitrogen and oxygen atoms in total. The van der Waals surface area contributed by atoms with Crippen LogP contribution in [0.2, 0.25) is 0 Å². The quantitative estimate of drug-likeness (QED) is 0.858. The first-order valence-electron chi connectivity index (χ1n) is 7.64. The molecule has 1 saturated heterocycles. The maximum Gasteiger partial charge on any atom is 0.274 e. The Morgan fingerprint density at radius 2 is 2.29 bits per heavy atom. The lowest BCUT2D eigenvalue weighted by Crippen LogP contribution is -2.54. The number of rotatable bonds is 2. The van der Waals surface area contributed by atoms with E-state index < -0.39 is 5.60 Å². The van der Waals surface area contributed by atoms with Gasteiger partial charge in [0.2, 0.25) is 0 Å². The SMILES string of the molecule is CNc1cncc(C(=O)N2CCC3(O)CCCCC3C2)n1. The third kappa shape index (κ3) is 2.72. The lowest BCUT2D eigenvalue weighted by Gasteiger charge is -2.47. The number of likely N-dealkylation sites (tertiary alicyclic amines) is 1. The van der Waals surface area contributed by atoms with Crippen molar-refractivity contribution in [3.05, 3.63) is 18.1 Å². The van der Waals surface area contributed by atoms with Crippen LogP contribution in [0.15, 0.2) is 12.4 Å². The second kappa shape index (κ2) is 5.60. The van der Waals surface area contributed by atoms with Crippen LogP contribution < -0.4 is 5.32 Å². The van der Waals surface area contributed by atoms with E-state index in [1.807, 2.05) is 4.90 Å². The summed E-state index contributed by atoms with van der Waals surface area (Å²) in [5, 5.41) is 13.6. The van der Waals surface area contributed by atoms with Gasteiger partial charge in [-0.25, -0.2) is 4.98 Å². The van der Waals surface area contributed by atoms with Crippen LogP contribution in [0.25, 0.3) is 0 Å². The number of hydrogen-bond acceptors (Lipinski definition) is 5. The van der Waals surface area contributed by atoms with Gasteiger partial charge in [0.25, 0.3) is 5.91 Å². The van der Waals surface area contributed by atoms with Crippen molar-refractivity contribution in [3.8, 4) is 0 Å². The van der Waals surface area contributed by atoms with Gasteiger partial charge in [-0.1, -0.05) is 12.8 Å². The highest BCUT2D eigenvalue weighted by atomic mass is 16.3. The Kier molecular flexibility index (Phi) is 3.80. The number of piperidine rings is 1. The minimum Gasteiger partial charge on any atom is -0.389 e. The van der Waals surface area contributed by atoms with Crippen LogP contribution in [-0.4, -0.2) is 51.6 Å². The van der Waals surface area contributed by atoms with Gasteiger partial charge in [-0.05, 0) is 19.3 Å². The van der Waals surface area contributed by atoms with E-state index >= 15 is 0 Å². The Bertz CT molecular complexity index is 536. The molecule has 2 N–H and O–H groups in total. The van der Waals surface area contributed by atoms with Gasteiger partial charge >= 0.3 is 0 Å². The van der Waals surface area contributed by atoms with Crippen LogP contribution in [0, 0.1) is 5.92 Å². The summed E-state index contributed by atoms with van der Waals surface area (Å²) in [6, 6.07) is 0. The summed E-state index contributed by atoms with van der Waals surface area (Å²) in [6.45, 7) is 1.22. The zero-order valence-corrected chi connectivity index (χ0v) is 12.4. The molecule has 1 amide bonds. The molecule has 0 spiro atoms. The summed E-state index contributed by atoms with van der Waals surface area (Å²) in [6.07, 6.45) is 7.87. The molecular weight excluding hydrogens is 268 g/mol. The highest BCUT2D eigenvalue weighted by molar-refractivity contribution is 5.92. The lowest BCUT2D eigenvalue weighted by molar-refractivity contribution is -0.0886. The van der Waals surface area contributed by atoms with Crippen LogP contribution in [0.3, 0.4) is 0 Å². The number of carbonyl (C=O) groups excluding carboxylic acids is 1. The molecule has 2 atom stereocenters. The molecule has 114 valence electrons. The Balaban J connectivity index is 1.74. The Morgan fingerprint density at radius 1 is 1.43 bits per heavy atom. The van der Waals surface area contributed by atoms with E-state index in [4.69, 9.17) is 0 Å².